The maximum atomic E-state index is 11.6. The van der Waals surface area contributed by atoms with Crippen LogP contribution in [0.1, 0.15) is 66.2 Å². The molecule has 0 spiro atoms. The number of ether oxygens (including phenoxy) is 1. The summed E-state index contributed by atoms with van der Waals surface area (Å²) in [6, 6.07) is -0.845. The number of amides is 1. The zero-order valence-electron chi connectivity index (χ0n) is 14.3. The Balaban J connectivity index is 4.14. The van der Waals surface area contributed by atoms with Crippen molar-refractivity contribution < 1.29 is 19.7 Å². The number of alkyl carbamates (subject to hydrolysis) is 1. The van der Waals surface area contributed by atoms with Crippen molar-refractivity contribution in [2.75, 3.05) is 6.61 Å². The highest BCUT2D eigenvalue weighted by Crippen LogP contribution is 2.07. The van der Waals surface area contributed by atoms with Gasteiger partial charge in [-0.2, -0.15) is 0 Å². The molecular weight excluding hydrogens is 282 g/mol. The minimum atomic E-state index is -1.10. The first-order valence-corrected chi connectivity index (χ1v) is 8.07. The van der Waals surface area contributed by atoms with Crippen LogP contribution in [-0.4, -0.2) is 40.7 Å². The highest BCUT2D eigenvalue weighted by atomic mass is 16.6. The monoisotopic (exact) mass is 313 g/mol. The first-order chi connectivity index (χ1) is 10.3. The van der Waals surface area contributed by atoms with E-state index in [2.05, 4.69) is 24.1 Å². The summed E-state index contributed by atoms with van der Waals surface area (Å²) in [6.07, 6.45) is 4.73. The lowest BCUT2D eigenvalue weighted by molar-refractivity contribution is 0.0413. The van der Waals surface area contributed by atoms with Crippen molar-refractivity contribution in [1.29, 1.82) is 0 Å². The molecule has 0 aromatic carbocycles. The first-order valence-electron chi connectivity index (χ1n) is 8.07. The number of carbonyl (C=O) groups is 1. The third kappa shape index (κ3) is 11.4. The molecule has 1 amide bonds. The third-order valence-corrected chi connectivity index (χ3v) is 2.94. The Morgan fingerprint density at radius 3 is 2.41 bits per heavy atom. The average Bonchev–Trinajstić information content (AvgIpc) is 2.41. The number of aliphatic hydroxyl groups is 2. The highest BCUT2D eigenvalue weighted by Gasteiger charge is 2.22. The largest absolute Gasteiger partial charge is 0.444 e. The van der Waals surface area contributed by atoms with E-state index in [0.29, 0.717) is 6.42 Å². The molecule has 0 saturated heterocycles. The Kier molecular flexibility index (Phi) is 10.7. The number of unbranched alkanes of at least 4 members (excludes halogenated alkanes) is 5. The smallest absolute Gasteiger partial charge is 0.408 e. The molecule has 5 nitrogen and oxygen atoms in total. The van der Waals surface area contributed by atoms with Crippen molar-refractivity contribution in [1.82, 2.24) is 5.32 Å². The average molecular weight is 313 g/mol. The Labute approximate surface area is 134 Å². The maximum Gasteiger partial charge on any atom is 0.408 e. The van der Waals surface area contributed by atoms with Crippen LogP contribution < -0.4 is 5.32 Å². The summed E-state index contributed by atoms with van der Waals surface area (Å²) in [5.41, 5.74) is -0.626. The van der Waals surface area contributed by atoms with Crippen molar-refractivity contribution in [2.45, 2.75) is 84.0 Å². The molecule has 0 fully saturated rings. The quantitative estimate of drug-likeness (QED) is 0.475. The number of carbonyl (C=O) groups excluding carboxylic acids is 1. The predicted octanol–water partition coefficient (Wildman–Crippen LogP) is 2.60. The summed E-state index contributed by atoms with van der Waals surface area (Å²) in [5.74, 6) is 5.56. The molecule has 0 bridgehead atoms. The lowest BCUT2D eigenvalue weighted by Crippen LogP contribution is -2.47. The van der Waals surface area contributed by atoms with Crippen LogP contribution in [-0.2, 0) is 4.74 Å². The fourth-order valence-electron chi connectivity index (χ4n) is 1.78. The molecule has 3 N–H and O–H groups in total. The van der Waals surface area contributed by atoms with Gasteiger partial charge in [-0.3, -0.25) is 0 Å². The van der Waals surface area contributed by atoms with Gasteiger partial charge >= 0.3 is 6.09 Å². The molecule has 22 heavy (non-hydrogen) atoms. The van der Waals surface area contributed by atoms with E-state index in [4.69, 9.17) is 4.74 Å². The molecule has 0 heterocycles. The van der Waals surface area contributed by atoms with Crippen LogP contribution in [0.4, 0.5) is 4.79 Å². The van der Waals surface area contributed by atoms with Gasteiger partial charge in [0.2, 0.25) is 0 Å². The van der Waals surface area contributed by atoms with Crippen molar-refractivity contribution in [2.24, 2.45) is 0 Å². The van der Waals surface area contributed by atoms with Crippen molar-refractivity contribution in [3.63, 3.8) is 0 Å². The third-order valence-electron chi connectivity index (χ3n) is 2.94. The minimum Gasteiger partial charge on any atom is -0.444 e. The van der Waals surface area contributed by atoms with Crippen LogP contribution in [0.3, 0.4) is 0 Å². The van der Waals surface area contributed by atoms with E-state index in [0.717, 1.165) is 12.8 Å². The van der Waals surface area contributed by atoms with E-state index in [9.17, 15) is 15.0 Å². The lowest BCUT2D eigenvalue weighted by Gasteiger charge is -2.23. The van der Waals surface area contributed by atoms with E-state index in [-0.39, 0.29) is 0 Å². The molecular formula is C17H31NO4. The molecule has 0 saturated carbocycles. The second-order valence-electron chi connectivity index (χ2n) is 6.37. The van der Waals surface area contributed by atoms with Gasteiger partial charge in [-0.1, -0.05) is 38.5 Å². The van der Waals surface area contributed by atoms with Gasteiger partial charge in [0.05, 0.1) is 12.6 Å². The first kappa shape index (κ1) is 20.8. The predicted molar refractivity (Wildman–Crippen MR) is 87.4 cm³/mol. The lowest BCUT2D eigenvalue weighted by atomic mass is 10.1. The van der Waals surface area contributed by atoms with E-state index >= 15 is 0 Å². The van der Waals surface area contributed by atoms with E-state index in [1.54, 1.807) is 20.8 Å². The SMILES string of the molecule is CCCCCCCC#C[C@@H](O)[C@H](CO)NC(=O)OC(C)(C)C. The van der Waals surface area contributed by atoms with Crippen LogP contribution >= 0.6 is 0 Å². The summed E-state index contributed by atoms with van der Waals surface area (Å²) in [7, 11) is 0. The zero-order valence-corrected chi connectivity index (χ0v) is 14.3. The second-order valence-corrected chi connectivity index (χ2v) is 6.37. The number of hydrogen-bond donors (Lipinski definition) is 3. The van der Waals surface area contributed by atoms with Crippen LogP contribution in [0.25, 0.3) is 0 Å². The number of aliphatic hydroxyl groups excluding tert-OH is 2. The van der Waals surface area contributed by atoms with Crippen LogP contribution in [0.2, 0.25) is 0 Å². The molecule has 128 valence electrons. The van der Waals surface area contributed by atoms with Crippen LogP contribution in [0.15, 0.2) is 0 Å². The minimum absolute atomic E-state index is 0.397. The summed E-state index contributed by atoms with van der Waals surface area (Å²) >= 11 is 0. The second kappa shape index (κ2) is 11.3. The van der Waals surface area contributed by atoms with Crippen molar-refractivity contribution in [3.05, 3.63) is 0 Å². The Hall–Kier alpha value is -1.25. The van der Waals surface area contributed by atoms with E-state index < -0.39 is 30.4 Å². The molecule has 0 aromatic rings. The molecule has 0 aliphatic rings. The van der Waals surface area contributed by atoms with E-state index in [1.165, 1.54) is 19.3 Å². The van der Waals surface area contributed by atoms with Gasteiger partial charge in [0, 0.05) is 6.42 Å². The fourth-order valence-corrected chi connectivity index (χ4v) is 1.78. The summed E-state index contributed by atoms with van der Waals surface area (Å²) in [5, 5.41) is 21.6. The molecule has 0 unspecified atom stereocenters. The fraction of sp³-hybridized carbons (Fsp3) is 0.824. The summed E-state index contributed by atoms with van der Waals surface area (Å²) in [4.78, 5) is 11.6. The molecule has 5 heteroatoms. The molecule has 0 aromatic heterocycles. The highest BCUT2D eigenvalue weighted by molar-refractivity contribution is 5.68. The molecule has 0 radical (unpaired) electrons. The number of hydrogen-bond acceptors (Lipinski definition) is 4. The van der Waals surface area contributed by atoms with Gasteiger partial charge in [-0.15, -0.1) is 5.92 Å². The van der Waals surface area contributed by atoms with Crippen molar-refractivity contribution in [3.8, 4) is 11.8 Å². The van der Waals surface area contributed by atoms with Crippen LogP contribution in [0, 0.1) is 11.8 Å². The molecule has 0 aliphatic carbocycles. The van der Waals surface area contributed by atoms with E-state index in [1.807, 2.05) is 0 Å². The number of nitrogens with one attached hydrogen (secondary N) is 1. The van der Waals surface area contributed by atoms with Crippen LogP contribution in [0.5, 0.6) is 0 Å². The topological polar surface area (TPSA) is 78.8 Å². The Morgan fingerprint density at radius 1 is 1.23 bits per heavy atom. The van der Waals surface area contributed by atoms with Gasteiger partial charge < -0.3 is 20.3 Å². The standard InChI is InChI=1S/C17H31NO4/c1-5-6-7-8-9-10-11-12-15(20)14(13-19)18-16(21)22-17(2,3)4/h14-15,19-20H,5-10,13H2,1-4H3,(H,18,21)/t14-,15+/m0/s1. The summed E-state index contributed by atoms with van der Waals surface area (Å²) in [6.45, 7) is 7.01. The van der Waals surface area contributed by atoms with Gasteiger partial charge in [-0.25, -0.2) is 4.79 Å². The molecule has 2 atom stereocenters. The van der Waals surface area contributed by atoms with Gasteiger partial charge in [0.1, 0.15) is 11.7 Å². The Bertz CT molecular complexity index is 365. The molecule has 0 rings (SSSR count). The van der Waals surface area contributed by atoms with Gasteiger partial charge in [0.15, 0.2) is 0 Å². The van der Waals surface area contributed by atoms with Crippen molar-refractivity contribution >= 4 is 6.09 Å². The number of rotatable bonds is 8. The zero-order chi connectivity index (χ0) is 17.0. The maximum absolute atomic E-state index is 11.6. The van der Waals surface area contributed by atoms with Gasteiger partial charge in [-0.05, 0) is 27.2 Å². The molecule has 0 aliphatic heterocycles. The van der Waals surface area contributed by atoms with Gasteiger partial charge in [0.25, 0.3) is 0 Å². The normalized spacial score (nSPS) is 13.7. The Morgan fingerprint density at radius 2 is 1.86 bits per heavy atom. The summed E-state index contributed by atoms with van der Waals surface area (Å²) < 4.78 is 5.08.